The van der Waals surface area contributed by atoms with Crippen LogP contribution in [-0.4, -0.2) is 87.9 Å². The summed E-state index contributed by atoms with van der Waals surface area (Å²) in [5, 5.41) is 7.82. The molecule has 266 valence electrons. The topological polar surface area (TPSA) is 161 Å². The molecular formula is C30H33F5N6O7S. The standard InChI is InChI=1S/C30H33F5N6O7S/c1-3-49(44,45)23-8-4-18(5-9-23)24(15-39-29(43)36-2)40-27(42)19-6-10-25(37-13-19)41-16-22(12-20(41)17-46-28(31)32)47-26-11-7-21(14-38-26)48-30(33,34)35/h4-11,13-14,20,22,24,28H,3,12,15-17H2,1-2H3,(H,40,42)(H2,36,39,43)/t20-,22-,24?/m0/s1. The number of hydrogen-bond donors (Lipinski definition) is 3. The summed E-state index contributed by atoms with van der Waals surface area (Å²) in [7, 11) is -2.04. The van der Waals surface area contributed by atoms with Gasteiger partial charge in [-0.1, -0.05) is 19.1 Å². The summed E-state index contributed by atoms with van der Waals surface area (Å²) in [6, 6.07) is 9.15. The molecule has 1 unspecified atom stereocenters. The first-order chi connectivity index (χ1) is 23.2. The fraction of sp³-hybridized carbons (Fsp3) is 0.400. The van der Waals surface area contributed by atoms with E-state index >= 15 is 0 Å². The third-order valence-corrected chi connectivity index (χ3v) is 9.10. The molecule has 4 rings (SSSR count). The van der Waals surface area contributed by atoms with Crippen molar-refractivity contribution in [3.63, 3.8) is 0 Å². The molecule has 0 saturated carbocycles. The number of carbonyl (C=O) groups is 2. The monoisotopic (exact) mass is 716 g/mol. The molecule has 3 atom stereocenters. The number of alkyl halides is 5. The lowest BCUT2D eigenvalue weighted by Gasteiger charge is -2.25. The summed E-state index contributed by atoms with van der Waals surface area (Å²) < 4.78 is 102. The molecule has 1 saturated heterocycles. The molecule has 0 spiro atoms. The van der Waals surface area contributed by atoms with Gasteiger partial charge in [0, 0.05) is 32.3 Å². The van der Waals surface area contributed by atoms with E-state index in [1.165, 1.54) is 62.6 Å². The molecule has 1 aromatic carbocycles. The van der Waals surface area contributed by atoms with Crippen molar-refractivity contribution >= 4 is 27.6 Å². The van der Waals surface area contributed by atoms with Gasteiger partial charge >= 0.3 is 19.0 Å². The minimum absolute atomic E-state index is 0.0167. The van der Waals surface area contributed by atoms with E-state index < -0.39 is 65.3 Å². The number of rotatable bonds is 14. The molecule has 1 aliphatic heterocycles. The fourth-order valence-electron chi connectivity index (χ4n) is 4.92. The average Bonchev–Trinajstić information content (AvgIpc) is 3.48. The molecule has 3 N–H and O–H groups in total. The van der Waals surface area contributed by atoms with Gasteiger partial charge in [-0.25, -0.2) is 23.2 Å². The maximum absolute atomic E-state index is 13.3. The number of urea groups is 1. The number of anilines is 1. The maximum Gasteiger partial charge on any atom is 0.573 e. The Balaban J connectivity index is 1.47. The molecule has 1 aliphatic rings. The van der Waals surface area contributed by atoms with E-state index in [1.54, 1.807) is 4.90 Å². The molecular weight excluding hydrogens is 683 g/mol. The number of pyridine rings is 2. The number of nitrogens with one attached hydrogen (secondary N) is 3. The normalized spacial score (nSPS) is 17.0. The Hall–Kier alpha value is -4.78. The van der Waals surface area contributed by atoms with Gasteiger partial charge in [-0.2, -0.15) is 8.78 Å². The smallest absolute Gasteiger partial charge is 0.472 e. The molecule has 0 bridgehead atoms. The first-order valence-electron chi connectivity index (χ1n) is 14.8. The molecule has 49 heavy (non-hydrogen) atoms. The number of hydrogen-bond acceptors (Lipinski definition) is 10. The Morgan fingerprint density at radius 2 is 1.78 bits per heavy atom. The number of nitrogens with zero attached hydrogens (tertiary/aromatic N) is 3. The van der Waals surface area contributed by atoms with E-state index in [2.05, 4.69) is 35.4 Å². The van der Waals surface area contributed by atoms with Crippen LogP contribution >= 0.6 is 0 Å². The summed E-state index contributed by atoms with van der Waals surface area (Å²) in [4.78, 5) is 35.0. The predicted molar refractivity (Wildman–Crippen MR) is 164 cm³/mol. The van der Waals surface area contributed by atoms with E-state index in [4.69, 9.17) is 4.74 Å². The second-order valence-electron chi connectivity index (χ2n) is 10.6. The maximum atomic E-state index is 13.3. The zero-order valence-electron chi connectivity index (χ0n) is 26.1. The zero-order chi connectivity index (χ0) is 35.8. The van der Waals surface area contributed by atoms with E-state index in [1.807, 2.05) is 0 Å². The summed E-state index contributed by atoms with van der Waals surface area (Å²) >= 11 is 0. The molecule has 19 heteroatoms. The van der Waals surface area contributed by atoms with E-state index in [9.17, 15) is 40.0 Å². The number of ether oxygens (including phenoxy) is 3. The van der Waals surface area contributed by atoms with Crippen LogP contribution in [0.2, 0.25) is 0 Å². The number of amides is 3. The van der Waals surface area contributed by atoms with E-state index in [0.29, 0.717) is 11.4 Å². The van der Waals surface area contributed by atoms with Crippen LogP contribution in [0.15, 0.2) is 65.8 Å². The summed E-state index contributed by atoms with van der Waals surface area (Å²) in [6.07, 6.45) is -3.24. The van der Waals surface area contributed by atoms with Crippen molar-refractivity contribution in [2.45, 2.75) is 49.4 Å². The minimum Gasteiger partial charge on any atom is -0.472 e. The number of benzene rings is 1. The fourth-order valence-corrected chi connectivity index (χ4v) is 5.81. The summed E-state index contributed by atoms with van der Waals surface area (Å²) in [5.74, 6) is -0.917. The Bertz CT molecular complexity index is 1660. The van der Waals surface area contributed by atoms with Crippen molar-refractivity contribution in [1.29, 1.82) is 0 Å². The molecule has 1 fully saturated rings. The van der Waals surface area contributed by atoms with Crippen LogP contribution in [0.25, 0.3) is 0 Å². The van der Waals surface area contributed by atoms with Gasteiger partial charge in [-0.15, -0.1) is 13.2 Å². The highest BCUT2D eigenvalue weighted by Crippen LogP contribution is 2.29. The van der Waals surface area contributed by atoms with Gasteiger partial charge in [0.15, 0.2) is 9.84 Å². The molecule has 2 aromatic heterocycles. The third kappa shape index (κ3) is 10.6. The second kappa shape index (κ2) is 16.1. The SMILES string of the molecule is CCS(=O)(=O)c1ccc(C(CNC(=O)NC)NC(=O)c2ccc(N3C[C@@H](Oc4ccc(OC(F)(F)F)cn4)C[C@H]3COC(F)F)nc2)cc1. The van der Waals surface area contributed by atoms with Crippen molar-refractivity contribution in [2.24, 2.45) is 0 Å². The van der Waals surface area contributed by atoms with Gasteiger partial charge < -0.3 is 35.1 Å². The molecule has 3 heterocycles. The lowest BCUT2D eigenvalue weighted by atomic mass is 10.1. The van der Waals surface area contributed by atoms with E-state index in [0.717, 1.165) is 12.3 Å². The zero-order valence-corrected chi connectivity index (χ0v) is 26.9. The van der Waals surface area contributed by atoms with Gasteiger partial charge in [0.05, 0.1) is 47.6 Å². The van der Waals surface area contributed by atoms with Crippen LogP contribution in [-0.2, 0) is 14.6 Å². The van der Waals surface area contributed by atoms with Crippen molar-refractivity contribution in [3.05, 3.63) is 72.1 Å². The highest BCUT2D eigenvalue weighted by Gasteiger charge is 2.36. The minimum atomic E-state index is -4.89. The molecule has 0 aliphatic carbocycles. The predicted octanol–water partition coefficient (Wildman–Crippen LogP) is 3.83. The van der Waals surface area contributed by atoms with Crippen LogP contribution in [0, 0.1) is 0 Å². The number of halogens is 5. The van der Waals surface area contributed by atoms with Crippen molar-refractivity contribution in [3.8, 4) is 11.6 Å². The lowest BCUT2D eigenvalue weighted by Crippen LogP contribution is -2.41. The highest BCUT2D eigenvalue weighted by molar-refractivity contribution is 7.91. The van der Waals surface area contributed by atoms with Crippen molar-refractivity contribution in [1.82, 2.24) is 25.9 Å². The molecule has 13 nitrogen and oxygen atoms in total. The van der Waals surface area contributed by atoms with Crippen LogP contribution in [0.3, 0.4) is 0 Å². The summed E-state index contributed by atoms with van der Waals surface area (Å²) in [6.45, 7) is -1.83. The Morgan fingerprint density at radius 1 is 1.04 bits per heavy atom. The Kier molecular flexibility index (Phi) is 12.2. The molecule has 3 amide bonds. The quantitative estimate of drug-likeness (QED) is 0.209. The largest absolute Gasteiger partial charge is 0.573 e. The van der Waals surface area contributed by atoms with Crippen molar-refractivity contribution < 1.29 is 54.2 Å². The number of aromatic nitrogens is 2. The Labute approximate surface area is 278 Å². The van der Waals surface area contributed by atoms with Crippen LogP contribution < -0.4 is 30.3 Å². The van der Waals surface area contributed by atoms with Crippen molar-refractivity contribution in [2.75, 3.05) is 37.4 Å². The average molecular weight is 717 g/mol. The van der Waals surface area contributed by atoms with Crippen LogP contribution in [0.4, 0.5) is 32.6 Å². The van der Waals surface area contributed by atoms with Crippen LogP contribution in [0.5, 0.6) is 11.6 Å². The van der Waals surface area contributed by atoms with E-state index in [-0.39, 0.29) is 41.6 Å². The third-order valence-electron chi connectivity index (χ3n) is 7.35. The summed E-state index contributed by atoms with van der Waals surface area (Å²) in [5.41, 5.74) is 0.642. The van der Waals surface area contributed by atoms with Gasteiger partial charge in [-0.05, 0) is 35.9 Å². The van der Waals surface area contributed by atoms with Gasteiger partial charge in [0.1, 0.15) is 17.7 Å². The van der Waals surface area contributed by atoms with Crippen LogP contribution in [0.1, 0.15) is 35.3 Å². The molecule has 0 radical (unpaired) electrons. The van der Waals surface area contributed by atoms with Gasteiger partial charge in [0.25, 0.3) is 5.91 Å². The van der Waals surface area contributed by atoms with Gasteiger partial charge in [-0.3, -0.25) is 4.79 Å². The first kappa shape index (κ1) is 37.0. The highest BCUT2D eigenvalue weighted by atomic mass is 32.2. The lowest BCUT2D eigenvalue weighted by molar-refractivity contribution is -0.274. The second-order valence-corrected chi connectivity index (χ2v) is 12.9. The number of carbonyl (C=O) groups excluding carboxylic acids is 2. The molecule has 3 aromatic rings. The first-order valence-corrected chi connectivity index (χ1v) is 16.4. The Morgan fingerprint density at radius 3 is 2.35 bits per heavy atom. The number of sulfone groups is 1. The van der Waals surface area contributed by atoms with Gasteiger partial charge in [0.2, 0.25) is 5.88 Å².